The van der Waals surface area contributed by atoms with Crippen LogP contribution in [0, 0.1) is 6.92 Å². The lowest BCUT2D eigenvalue weighted by atomic mass is 9.96. The second-order valence-electron chi connectivity index (χ2n) is 8.12. The summed E-state index contributed by atoms with van der Waals surface area (Å²) in [4.78, 5) is 24.5. The molecule has 0 aliphatic carbocycles. The second kappa shape index (κ2) is 9.60. The van der Waals surface area contributed by atoms with Crippen LogP contribution in [0.15, 0.2) is 83.8 Å². The lowest BCUT2D eigenvalue weighted by molar-refractivity contribution is 0.0977. The van der Waals surface area contributed by atoms with Crippen LogP contribution < -0.4 is 15.2 Å². The first-order valence-corrected chi connectivity index (χ1v) is 12.3. The lowest BCUT2D eigenvalue weighted by Gasteiger charge is -2.13. The summed E-state index contributed by atoms with van der Waals surface area (Å²) in [5.41, 5.74) is 8.29. The van der Waals surface area contributed by atoms with Gasteiger partial charge in [-0.2, -0.15) is 0 Å². The van der Waals surface area contributed by atoms with Crippen molar-refractivity contribution in [2.24, 2.45) is 5.73 Å². The van der Waals surface area contributed by atoms with Crippen molar-refractivity contribution in [1.29, 1.82) is 0 Å². The number of benzene rings is 4. The molecule has 0 aliphatic heterocycles. The molecule has 178 valence electrons. The van der Waals surface area contributed by atoms with E-state index in [-0.39, 0.29) is 10.5 Å². The normalized spacial score (nSPS) is 11.3. The number of hydrogen-bond donors (Lipinski definition) is 2. The van der Waals surface area contributed by atoms with Gasteiger partial charge in [0.2, 0.25) is 5.91 Å². The van der Waals surface area contributed by atoms with Crippen molar-refractivity contribution < 1.29 is 22.7 Å². The molecule has 35 heavy (non-hydrogen) atoms. The molecule has 0 aromatic heterocycles. The Hall–Kier alpha value is -4.17. The number of ether oxygens (including phenoxy) is 1. The van der Waals surface area contributed by atoms with Crippen LogP contribution in [0.1, 0.15) is 37.4 Å². The highest BCUT2D eigenvalue weighted by Crippen LogP contribution is 2.28. The Kier molecular flexibility index (Phi) is 6.57. The predicted molar refractivity (Wildman–Crippen MR) is 134 cm³/mol. The summed E-state index contributed by atoms with van der Waals surface area (Å²) in [6, 6.07) is 22.3. The van der Waals surface area contributed by atoms with Crippen LogP contribution in [0.5, 0.6) is 5.75 Å². The first kappa shape index (κ1) is 24.0. The van der Waals surface area contributed by atoms with E-state index in [2.05, 4.69) is 4.72 Å². The van der Waals surface area contributed by atoms with Crippen molar-refractivity contribution in [2.45, 2.75) is 18.2 Å². The first-order valence-electron chi connectivity index (χ1n) is 10.8. The van der Waals surface area contributed by atoms with Crippen molar-refractivity contribution >= 4 is 32.6 Å². The average Bonchev–Trinajstić information content (AvgIpc) is 2.84. The van der Waals surface area contributed by atoms with Gasteiger partial charge in [0, 0.05) is 17.5 Å². The molecule has 3 N–H and O–H groups in total. The number of rotatable bonds is 7. The third-order valence-electron chi connectivity index (χ3n) is 5.80. The number of nitrogens with two attached hydrogens (primary N) is 1. The zero-order valence-corrected chi connectivity index (χ0v) is 20.1. The molecular weight excluding hydrogens is 464 g/mol. The largest absolute Gasteiger partial charge is 0.496 e. The molecule has 0 aliphatic rings. The average molecular weight is 489 g/mol. The van der Waals surface area contributed by atoms with Gasteiger partial charge in [-0.15, -0.1) is 0 Å². The number of hydrogen-bond acceptors (Lipinski definition) is 5. The molecule has 7 nitrogen and oxygen atoms in total. The topological polar surface area (TPSA) is 116 Å². The Labute approximate surface area is 203 Å². The quantitative estimate of drug-likeness (QED) is 0.408. The summed E-state index contributed by atoms with van der Waals surface area (Å²) < 4.78 is 33.0. The van der Waals surface area contributed by atoms with E-state index in [4.69, 9.17) is 10.5 Å². The van der Waals surface area contributed by atoms with Crippen LogP contribution in [0.4, 0.5) is 0 Å². The zero-order chi connectivity index (χ0) is 25.2. The molecule has 0 bridgehead atoms. The molecule has 0 saturated heterocycles. The minimum Gasteiger partial charge on any atom is -0.496 e. The summed E-state index contributed by atoms with van der Waals surface area (Å²) >= 11 is 0. The first-order chi connectivity index (χ1) is 16.7. The van der Waals surface area contributed by atoms with Crippen LogP contribution in [-0.4, -0.2) is 27.3 Å². The molecule has 8 heteroatoms. The monoisotopic (exact) mass is 488 g/mol. The van der Waals surface area contributed by atoms with Gasteiger partial charge in [0.05, 0.1) is 12.0 Å². The van der Waals surface area contributed by atoms with Gasteiger partial charge >= 0.3 is 0 Å². The van der Waals surface area contributed by atoms with Crippen molar-refractivity contribution in [1.82, 2.24) is 4.72 Å². The van der Waals surface area contributed by atoms with Crippen LogP contribution >= 0.6 is 0 Å². The fraction of sp³-hybridized carbons (Fsp3) is 0.111. The van der Waals surface area contributed by atoms with Gasteiger partial charge in [0.25, 0.3) is 15.9 Å². The van der Waals surface area contributed by atoms with Crippen molar-refractivity contribution in [3.63, 3.8) is 0 Å². The van der Waals surface area contributed by atoms with Gasteiger partial charge in [-0.25, -0.2) is 13.1 Å². The standard InChI is InChI=1S/C27H24N2O5S/c1-17-6-3-4-9-25(17)35(32,33)29-27(31)22-13-11-20(24(16-22)34-2)14-19-8-5-7-18-10-12-21(26(28)30)15-23(18)19/h3-13,15-16H,14H2,1-2H3,(H2,28,30)(H,29,31). The van der Waals surface area contributed by atoms with Gasteiger partial charge in [-0.05, 0) is 64.7 Å². The number of primary amides is 1. The minimum atomic E-state index is -4.03. The third kappa shape index (κ3) is 5.02. The molecule has 0 radical (unpaired) electrons. The summed E-state index contributed by atoms with van der Waals surface area (Å²) in [5.74, 6) is -0.821. The smallest absolute Gasteiger partial charge is 0.265 e. The van der Waals surface area contributed by atoms with E-state index in [1.807, 2.05) is 24.3 Å². The Balaban J connectivity index is 1.63. The lowest BCUT2D eigenvalue weighted by Crippen LogP contribution is -2.31. The van der Waals surface area contributed by atoms with Gasteiger partial charge in [0.1, 0.15) is 5.75 Å². The molecular formula is C27H24N2O5S. The maximum atomic E-state index is 12.8. The van der Waals surface area contributed by atoms with Gasteiger partial charge in [-0.3, -0.25) is 9.59 Å². The van der Waals surface area contributed by atoms with Crippen molar-refractivity contribution in [2.75, 3.05) is 7.11 Å². The van der Waals surface area contributed by atoms with Gasteiger partial charge in [0.15, 0.2) is 0 Å². The van der Waals surface area contributed by atoms with E-state index in [1.54, 1.807) is 49.4 Å². The van der Waals surface area contributed by atoms with E-state index < -0.39 is 21.8 Å². The molecule has 0 saturated carbocycles. The number of sulfonamides is 1. The second-order valence-corrected chi connectivity index (χ2v) is 9.77. The molecule has 2 amide bonds. The molecule has 0 atom stereocenters. The fourth-order valence-electron chi connectivity index (χ4n) is 3.98. The highest BCUT2D eigenvalue weighted by Gasteiger charge is 2.21. The van der Waals surface area contributed by atoms with E-state index >= 15 is 0 Å². The third-order valence-corrected chi connectivity index (χ3v) is 7.29. The van der Waals surface area contributed by atoms with E-state index in [1.165, 1.54) is 19.2 Å². The van der Waals surface area contributed by atoms with Gasteiger partial charge < -0.3 is 10.5 Å². The molecule has 0 heterocycles. The summed E-state index contributed by atoms with van der Waals surface area (Å²) in [6.07, 6.45) is 0.464. The Morgan fingerprint density at radius 3 is 2.34 bits per heavy atom. The molecule has 4 aromatic carbocycles. The number of amides is 2. The number of carbonyl (C=O) groups excluding carboxylic acids is 2. The summed E-state index contributed by atoms with van der Waals surface area (Å²) in [5, 5.41) is 1.85. The highest BCUT2D eigenvalue weighted by atomic mass is 32.2. The maximum Gasteiger partial charge on any atom is 0.265 e. The predicted octanol–water partition coefficient (Wildman–Crippen LogP) is 3.97. The van der Waals surface area contributed by atoms with Crippen LogP contribution in [0.3, 0.4) is 0 Å². The molecule has 4 rings (SSSR count). The fourth-order valence-corrected chi connectivity index (χ4v) is 5.20. The SMILES string of the molecule is COc1cc(C(=O)NS(=O)(=O)c2ccccc2C)ccc1Cc1cccc2ccc(C(N)=O)cc12. The number of methoxy groups -OCH3 is 1. The van der Waals surface area contributed by atoms with Crippen LogP contribution in [0.25, 0.3) is 10.8 Å². The van der Waals surface area contributed by atoms with Crippen LogP contribution in [0.2, 0.25) is 0 Å². The zero-order valence-electron chi connectivity index (χ0n) is 19.2. The molecule has 4 aromatic rings. The molecule has 0 spiro atoms. The number of carbonyl (C=O) groups is 2. The van der Waals surface area contributed by atoms with Crippen LogP contribution in [-0.2, 0) is 16.4 Å². The maximum absolute atomic E-state index is 12.8. The molecule has 0 fully saturated rings. The van der Waals surface area contributed by atoms with E-state index in [9.17, 15) is 18.0 Å². The summed E-state index contributed by atoms with van der Waals surface area (Å²) in [6.45, 7) is 1.66. The Bertz CT molecular complexity index is 1560. The minimum absolute atomic E-state index is 0.0446. The Morgan fingerprint density at radius 1 is 0.886 bits per heavy atom. The number of fused-ring (bicyclic) bond motifs is 1. The van der Waals surface area contributed by atoms with Crippen molar-refractivity contribution in [3.8, 4) is 5.75 Å². The Morgan fingerprint density at radius 2 is 1.63 bits per heavy atom. The van der Waals surface area contributed by atoms with E-state index in [0.29, 0.717) is 23.3 Å². The van der Waals surface area contributed by atoms with Gasteiger partial charge in [-0.1, -0.05) is 48.5 Å². The van der Waals surface area contributed by atoms with E-state index in [0.717, 1.165) is 21.9 Å². The number of aryl methyl sites for hydroxylation is 1. The van der Waals surface area contributed by atoms with Crippen molar-refractivity contribution in [3.05, 3.63) is 107 Å². The highest BCUT2D eigenvalue weighted by molar-refractivity contribution is 7.90. The number of nitrogens with one attached hydrogen (secondary N) is 1. The summed E-state index contributed by atoms with van der Waals surface area (Å²) in [7, 11) is -2.55. The molecule has 0 unspecified atom stereocenters.